The van der Waals surface area contributed by atoms with Crippen LogP contribution in [0.25, 0.3) is 142 Å². The van der Waals surface area contributed by atoms with Gasteiger partial charge in [-0.3, -0.25) is 0 Å². The molecule has 68 heavy (non-hydrogen) atoms. The van der Waals surface area contributed by atoms with Gasteiger partial charge in [-0.1, -0.05) is 206 Å². The second-order valence-electron chi connectivity index (χ2n) is 18.4. The minimum atomic E-state index is 1.20. The molecule has 0 bridgehead atoms. The molecule has 0 aromatic heterocycles. The molecule has 0 radical (unpaired) electrons. The van der Waals surface area contributed by atoms with Gasteiger partial charge in [-0.15, -0.1) is 0 Å². The summed E-state index contributed by atoms with van der Waals surface area (Å²) in [4.78, 5) is 0. The Morgan fingerprint density at radius 3 is 1.16 bits per heavy atom. The van der Waals surface area contributed by atoms with Crippen molar-refractivity contribution in [1.29, 1.82) is 0 Å². The highest BCUT2D eigenvalue weighted by atomic mass is 14.2. The van der Waals surface area contributed by atoms with Gasteiger partial charge in [-0.2, -0.15) is 0 Å². The summed E-state index contributed by atoms with van der Waals surface area (Å²) < 4.78 is 0. The highest BCUT2D eigenvalue weighted by Crippen LogP contribution is 2.43. The van der Waals surface area contributed by atoms with E-state index in [0.29, 0.717) is 0 Å². The van der Waals surface area contributed by atoms with Gasteiger partial charge in [0.25, 0.3) is 0 Å². The van der Waals surface area contributed by atoms with Gasteiger partial charge in [0.05, 0.1) is 0 Å². The quantitative estimate of drug-likeness (QED) is 0.119. The van der Waals surface area contributed by atoms with Gasteiger partial charge in [0.15, 0.2) is 0 Å². The van der Waals surface area contributed by atoms with Crippen LogP contribution in [0.3, 0.4) is 0 Å². The largest absolute Gasteiger partial charge is 0.0616 e. The van der Waals surface area contributed by atoms with Crippen LogP contribution in [0.2, 0.25) is 0 Å². The summed E-state index contributed by atoms with van der Waals surface area (Å²) in [6.07, 6.45) is 0. The van der Waals surface area contributed by atoms with E-state index in [9.17, 15) is 0 Å². The number of fused-ring (bicyclic) bond motifs is 11. The molecule has 0 aliphatic rings. The molecule has 0 fully saturated rings. The van der Waals surface area contributed by atoms with Crippen LogP contribution in [0, 0.1) is 0 Å². The Morgan fingerprint density at radius 1 is 0.147 bits per heavy atom. The fourth-order valence-electron chi connectivity index (χ4n) is 11.3. The Labute approximate surface area is 394 Å². The number of hydrogen-bond acceptors (Lipinski definition) is 0. The first-order valence-corrected chi connectivity index (χ1v) is 23.6. The zero-order valence-corrected chi connectivity index (χ0v) is 37.2. The third kappa shape index (κ3) is 6.23. The van der Waals surface area contributed by atoms with E-state index in [-0.39, 0.29) is 0 Å². The van der Waals surface area contributed by atoms with Gasteiger partial charge in [0, 0.05) is 0 Å². The first kappa shape index (κ1) is 38.4. The SMILES string of the molecule is c1cc(-c2ccc3c(-c4ccc5c(ccc6ccccc65)c4)c4cc(-c5cccc(-c6cc7ccccc7c7ccccc67)c5)ccc4cc3c2)cc(-c2cc3ccccc3c3ccccc23)c1. The van der Waals surface area contributed by atoms with E-state index in [1.807, 2.05) is 0 Å². The Morgan fingerprint density at radius 2 is 0.529 bits per heavy atom. The molecule has 0 heteroatoms. The lowest BCUT2D eigenvalue weighted by molar-refractivity contribution is 1.62. The predicted octanol–water partition coefficient (Wildman–Crippen LogP) is 19.2. The monoisotopic (exact) mass is 858 g/mol. The van der Waals surface area contributed by atoms with Crippen LogP contribution < -0.4 is 0 Å². The van der Waals surface area contributed by atoms with Crippen LogP contribution in [-0.2, 0) is 0 Å². The average molecular weight is 859 g/mol. The highest BCUT2D eigenvalue weighted by Gasteiger charge is 2.16. The van der Waals surface area contributed by atoms with Crippen molar-refractivity contribution in [1.82, 2.24) is 0 Å². The zero-order chi connectivity index (χ0) is 44.7. The van der Waals surface area contributed by atoms with E-state index in [1.54, 1.807) is 0 Å². The number of benzene rings is 14. The molecule has 0 heterocycles. The Kier molecular flexibility index (Phi) is 8.69. The van der Waals surface area contributed by atoms with E-state index in [1.165, 1.54) is 142 Å². The average Bonchev–Trinajstić information content (AvgIpc) is 3.41. The minimum absolute atomic E-state index is 1.20. The summed E-state index contributed by atoms with van der Waals surface area (Å²) in [6, 6.07) is 94.9. The molecule has 0 nitrogen and oxygen atoms in total. The van der Waals surface area contributed by atoms with Crippen molar-refractivity contribution >= 4 is 86.2 Å². The molecule has 0 saturated heterocycles. The first-order chi connectivity index (χ1) is 33.7. The molecule has 14 aromatic carbocycles. The summed E-state index contributed by atoms with van der Waals surface area (Å²) in [5, 5.41) is 20.2. The molecular formula is C68H42. The normalized spacial score (nSPS) is 11.8. The fraction of sp³-hybridized carbons (Fsp3) is 0. The molecule has 0 amide bonds. The second kappa shape index (κ2) is 15.4. The molecule has 314 valence electrons. The molecular weight excluding hydrogens is 817 g/mol. The molecule has 0 aliphatic carbocycles. The van der Waals surface area contributed by atoms with Crippen LogP contribution >= 0.6 is 0 Å². The summed E-state index contributed by atoms with van der Waals surface area (Å²) >= 11 is 0. The molecule has 0 saturated carbocycles. The van der Waals surface area contributed by atoms with Crippen molar-refractivity contribution in [3.63, 3.8) is 0 Å². The molecule has 0 aliphatic heterocycles. The smallest absolute Gasteiger partial charge is 0.00264 e. The van der Waals surface area contributed by atoms with Crippen molar-refractivity contribution in [3.8, 4) is 55.6 Å². The molecule has 14 rings (SSSR count). The van der Waals surface area contributed by atoms with Crippen molar-refractivity contribution in [2.75, 3.05) is 0 Å². The zero-order valence-electron chi connectivity index (χ0n) is 37.2. The highest BCUT2D eigenvalue weighted by molar-refractivity contribution is 6.18. The topological polar surface area (TPSA) is 0 Å². The van der Waals surface area contributed by atoms with Crippen molar-refractivity contribution in [2.24, 2.45) is 0 Å². The summed E-state index contributed by atoms with van der Waals surface area (Å²) in [5.74, 6) is 0. The predicted molar refractivity (Wildman–Crippen MR) is 294 cm³/mol. The van der Waals surface area contributed by atoms with Crippen molar-refractivity contribution in [2.45, 2.75) is 0 Å². The van der Waals surface area contributed by atoms with Crippen molar-refractivity contribution in [3.05, 3.63) is 255 Å². The summed E-state index contributed by atoms with van der Waals surface area (Å²) in [7, 11) is 0. The van der Waals surface area contributed by atoms with Crippen LogP contribution in [-0.4, -0.2) is 0 Å². The van der Waals surface area contributed by atoms with E-state index < -0.39 is 0 Å². The maximum absolute atomic E-state index is 2.43. The van der Waals surface area contributed by atoms with Crippen molar-refractivity contribution < 1.29 is 0 Å². The van der Waals surface area contributed by atoms with E-state index in [2.05, 4.69) is 255 Å². The lowest BCUT2D eigenvalue weighted by Crippen LogP contribution is -1.90. The van der Waals surface area contributed by atoms with Crippen LogP contribution in [0.15, 0.2) is 255 Å². The van der Waals surface area contributed by atoms with Gasteiger partial charge in [0.2, 0.25) is 0 Å². The first-order valence-electron chi connectivity index (χ1n) is 23.6. The van der Waals surface area contributed by atoms with E-state index >= 15 is 0 Å². The van der Waals surface area contributed by atoms with Crippen LogP contribution in [0.5, 0.6) is 0 Å². The Balaban J connectivity index is 0.940. The minimum Gasteiger partial charge on any atom is -0.0616 e. The third-order valence-electron chi connectivity index (χ3n) is 14.5. The maximum atomic E-state index is 2.43. The Bertz CT molecular complexity index is 4380. The second-order valence-corrected chi connectivity index (χ2v) is 18.4. The third-order valence-corrected chi connectivity index (χ3v) is 14.5. The molecule has 0 unspecified atom stereocenters. The number of rotatable bonds is 5. The van der Waals surface area contributed by atoms with E-state index in [4.69, 9.17) is 0 Å². The lowest BCUT2D eigenvalue weighted by atomic mass is 9.87. The molecule has 0 atom stereocenters. The number of hydrogen-bond donors (Lipinski definition) is 0. The van der Waals surface area contributed by atoms with Gasteiger partial charge in [0.1, 0.15) is 0 Å². The summed E-state index contributed by atoms with van der Waals surface area (Å²) in [5.41, 5.74) is 12.2. The Hall–Kier alpha value is -8.84. The molecule has 0 spiro atoms. The van der Waals surface area contributed by atoms with Crippen LogP contribution in [0.1, 0.15) is 0 Å². The van der Waals surface area contributed by atoms with Gasteiger partial charge >= 0.3 is 0 Å². The summed E-state index contributed by atoms with van der Waals surface area (Å²) in [6.45, 7) is 0. The standard InChI is InChI=1S/C68H42/c1-4-20-56-43(13-1)27-29-52-38-54(32-33-59(52)56)68-60-34-31-46(44-16-11-18-48(35-44)65-41-50-14-2-5-21-57(50)61-23-7-9-25-63(61)65)37-55(60)39-53-30-28-47(40-67(53)68)45-17-12-19-49(36-45)66-42-51-15-3-6-22-58(51)62-24-8-10-26-64(62)66/h1-42H. The van der Waals surface area contributed by atoms with Gasteiger partial charge in [-0.05, 0) is 190 Å². The molecule has 14 aromatic rings. The van der Waals surface area contributed by atoms with Crippen LogP contribution in [0.4, 0.5) is 0 Å². The maximum Gasteiger partial charge on any atom is -0.00264 e. The van der Waals surface area contributed by atoms with Gasteiger partial charge < -0.3 is 0 Å². The molecule has 0 N–H and O–H groups in total. The fourth-order valence-corrected chi connectivity index (χ4v) is 11.3. The van der Waals surface area contributed by atoms with E-state index in [0.717, 1.165) is 0 Å². The van der Waals surface area contributed by atoms with Gasteiger partial charge in [-0.25, -0.2) is 0 Å². The lowest BCUT2D eigenvalue weighted by Gasteiger charge is -2.17.